The van der Waals surface area contributed by atoms with E-state index >= 15 is 0 Å². The van der Waals surface area contributed by atoms with Gasteiger partial charge in [-0.15, -0.1) is 0 Å². The van der Waals surface area contributed by atoms with Gasteiger partial charge in [-0.05, 0) is 26.0 Å². The van der Waals surface area contributed by atoms with Gasteiger partial charge in [-0.3, -0.25) is 0 Å². The lowest BCUT2D eigenvalue weighted by Crippen LogP contribution is -1.89. The van der Waals surface area contributed by atoms with Gasteiger partial charge in [-0.1, -0.05) is 11.6 Å². The second kappa shape index (κ2) is 2.58. The van der Waals surface area contributed by atoms with Crippen molar-refractivity contribution in [1.29, 1.82) is 0 Å². The molecule has 1 aliphatic rings. The van der Waals surface area contributed by atoms with Crippen LogP contribution in [-0.2, 0) is 0 Å². The van der Waals surface area contributed by atoms with Crippen molar-refractivity contribution >= 4 is 11.8 Å². The van der Waals surface area contributed by atoms with Gasteiger partial charge in [0.2, 0.25) is 0 Å². The minimum absolute atomic E-state index is 0.806. The molecule has 0 aromatic heterocycles. The third-order valence-corrected chi connectivity index (χ3v) is 2.89. The summed E-state index contributed by atoms with van der Waals surface area (Å²) < 4.78 is 0. The van der Waals surface area contributed by atoms with E-state index in [1.54, 1.807) is 5.57 Å². The summed E-state index contributed by atoms with van der Waals surface area (Å²) in [7, 11) is 0. The Bertz CT molecular complexity index is 105. The van der Waals surface area contributed by atoms with Crippen LogP contribution in [0.15, 0.2) is 11.6 Å². The van der Waals surface area contributed by atoms with E-state index in [0.717, 1.165) is 5.25 Å². The Kier molecular flexibility index (Phi) is 2.01. The monoisotopic (exact) mass is 128 g/mol. The molecule has 0 N–H and O–H groups in total. The Morgan fingerprint density at radius 2 is 2.50 bits per heavy atom. The molecule has 0 amide bonds. The molecule has 8 heavy (non-hydrogen) atoms. The van der Waals surface area contributed by atoms with Crippen LogP contribution in [-0.4, -0.2) is 11.0 Å². The van der Waals surface area contributed by atoms with Crippen molar-refractivity contribution in [3.8, 4) is 0 Å². The summed E-state index contributed by atoms with van der Waals surface area (Å²) in [5.41, 5.74) is 1.63. The zero-order valence-corrected chi connectivity index (χ0v) is 6.29. The van der Waals surface area contributed by atoms with Gasteiger partial charge in [0.25, 0.3) is 0 Å². The molecule has 46 valence electrons. The molecule has 1 unspecified atom stereocenters. The van der Waals surface area contributed by atoms with Crippen molar-refractivity contribution < 1.29 is 0 Å². The molecule has 0 nitrogen and oxygen atoms in total. The van der Waals surface area contributed by atoms with E-state index < -0.39 is 0 Å². The van der Waals surface area contributed by atoms with Crippen LogP contribution in [0.2, 0.25) is 0 Å². The molecule has 1 fully saturated rings. The van der Waals surface area contributed by atoms with Crippen molar-refractivity contribution in [2.75, 3.05) is 5.75 Å². The van der Waals surface area contributed by atoms with Crippen LogP contribution in [0.5, 0.6) is 0 Å². The third kappa shape index (κ3) is 1.08. The van der Waals surface area contributed by atoms with Crippen molar-refractivity contribution in [2.45, 2.75) is 25.5 Å². The lowest BCUT2D eigenvalue weighted by atomic mass is 10.1. The lowest BCUT2D eigenvalue weighted by Gasteiger charge is -1.99. The first-order chi connectivity index (χ1) is 3.84. The summed E-state index contributed by atoms with van der Waals surface area (Å²) in [6, 6.07) is 0. The van der Waals surface area contributed by atoms with Crippen LogP contribution in [0, 0.1) is 0 Å². The maximum Gasteiger partial charge on any atom is 0.0228 e. The van der Waals surface area contributed by atoms with Gasteiger partial charge < -0.3 is 0 Å². The van der Waals surface area contributed by atoms with Crippen molar-refractivity contribution in [2.24, 2.45) is 0 Å². The summed E-state index contributed by atoms with van der Waals surface area (Å²) in [6.45, 7) is 4.42. The molecule has 1 saturated heterocycles. The minimum atomic E-state index is 0.806. The predicted molar refractivity (Wildman–Crippen MR) is 40.3 cm³/mol. The highest BCUT2D eigenvalue weighted by molar-refractivity contribution is 8.00. The Morgan fingerprint density at radius 1 is 1.75 bits per heavy atom. The van der Waals surface area contributed by atoms with E-state index in [2.05, 4.69) is 31.7 Å². The molecule has 1 heteroatoms. The largest absolute Gasteiger partial charge is 0.154 e. The number of hydrogen-bond donors (Lipinski definition) is 0. The second-order valence-corrected chi connectivity index (χ2v) is 3.58. The fraction of sp³-hybridized carbons (Fsp3) is 0.714. The zero-order valence-electron chi connectivity index (χ0n) is 5.48. The van der Waals surface area contributed by atoms with Crippen LogP contribution in [0.4, 0.5) is 0 Å². The van der Waals surface area contributed by atoms with Crippen LogP contribution in [0.25, 0.3) is 0 Å². The fourth-order valence-corrected chi connectivity index (χ4v) is 2.22. The van der Waals surface area contributed by atoms with E-state index in [4.69, 9.17) is 0 Å². The van der Waals surface area contributed by atoms with E-state index in [1.807, 2.05) is 0 Å². The molecule has 0 bridgehead atoms. The normalized spacial score (nSPS) is 34.2. The van der Waals surface area contributed by atoms with E-state index in [1.165, 1.54) is 12.2 Å². The number of thioether (sulfide) groups is 1. The standard InChI is InChI=1S/C7H12S/c1-3-7-4-5-8-6(7)2/h3,6H,4-5H2,1-2H3/b7-3-. The summed E-state index contributed by atoms with van der Waals surface area (Å²) in [4.78, 5) is 0. The Hall–Kier alpha value is 0.0900. The van der Waals surface area contributed by atoms with Crippen LogP contribution < -0.4 is 0 Å². The average Bonchev–Trinajstić information content (AvgIpc) is 2.14. The summed E-state index contributed by atoms with van der Waals surface area (Å²) in [6.07, 6.45) is 3.58. The number of allylic oxidation sites excluding steroid dienone is 1. The van der Waals surface area contributed by atoms with Gasteiger partial charge in [-0.25, -0.2) is 0 Å². The Balaban J connectivity index is 2.55. The molecular formula is C7H12S. The first-order valence-corrected chi connectivity index (χ1v) is 4.16. The van der Waals surface area contributed by atoms with Crippen LogP contribution in [0.3, 0.4) is 0 Å². The SMILES string of the molecule is C/C=C1/CCSC1C. The maximum atomic E-state index is 2.28. The first-order valence-electron chi connectivity index (χ1n) is 3.11. The third-order valence-electron chi connectivity index (χ3n) is 1.65. The molecule has 0 aliphatic carbocycles. The van der Waals surface area contributed by atoms with E-state index in [9.17, 15) is 0 Å². The first kappa shape index (κ1) is 6.21. The lowest BCUT2D eigenvalue weighted by molar-refractivity contribution is 1.05. The van der Waals surface area contributed by atoms with Gasteiger partial charge in [0.1, 0.15) is 0 Å². The van der Waals surface area contributed by atoms with Crippen molar-refractivity contribution in [3.63, 3.8) is 0 Å². The Labute approximate surface area is 55.4 Å². The summed E-state index contributed by atoms with van der Waals surface area (Å²) in [5, 5.41) is 0.806. The highest BCUT2D eigenvalue weighted by Gasteiger charge is 2.14. The highest BCUT2D eigenvalue weighted by Crippen LogP contribution is 2.30. The minimum Gasteiger partial charge on any atom is -0.154 e. The van der Waals surface area contributed by atoms with Crippen LogP contribution >= 0.6 is 11.8 Å². The van der Waals surface area contributed by atoms with Gasteiger partial charge >= 0.3 is 0 Å². The zero-order chi connectivity index (χ0) is 5.98. The highest BCUT2D eigenvalue weighted by atomic mass is 32.2. The molecule has 1 heterocycles. The van der Waals surface area contributed by atoms with Crippen LogP contribution in [0.1, 0.15) is 20.3 Å². The molecule has 0 radical (unpaired) electrons. The average molecular weight is 128 g/mol. The number of rotatable bonds is 0. The second-order valence-electron chi connectivity index (χ2n) is 2.13. The molecule has 1 rings (SSSR count). The molecule has 0 aromatic rings. The van der Waals surface area contributed by atoms with Gasteiger partial charge in [-0.2, -0.15) is 11.8 Å². The van der Waals surface area contributed by atoms with E-state index in [0.29, 0.717) is 0 Å². The van der Waals surface area contributed by atoms with Gasteiger partial charge in [0, 0.05) is 5.25 Å². The molecule has 1 aliphatic heterocycles. The van der Waals surface area contributed by atoms with Crippen molar-refractivity contribution in [1.82, 2.24) is 0 Å². The number of hydrogen-bond acceptors (Lipinski definition) is 1. The molecule has 1 atom stereocenters. The molecule has 0 saturated carbocycles. The van der Waals surface area contributed by atoms with Crippen molar-refractivity contribution in [3.05, 3.63) is 11.6 Å². The molecule has 0 spiro atoms. The van der Waals surface area contributed by atoms with Gasteiger partial charge in [0.05, 0.1) is 0 Å². The Morgan fingerprint density at radius 3 is 2.75 bits per heavy atom. The molecular weight excluding hydrogens is 116 g/mol. The predicted octanol–water partition coefficient (Wildman–Crippen LogP) is 2.46. The smallest absolute Gasteiger partial charge is 0.0228 e. The summed E-state index contributed by atoms with van der Waals surface area (Å²) in [5.74, 6) is 1.33. The maximum absolute atomic E-state index is 2.28. The summed E-state index contributed by atoms with van der Waals surface area (Å²) >= 11 is 2.06. The fourth-order valence-electron chi connectivity index (χ4n) is 1.04. The quantitative estimate of drug-likeness (QED) is 0.452. The molecule has 0 aromatic carbocycles. The van der Waals surface area contributed by atoms with Gasteiger partial charge in [0.15, 0.2) is 0 Å². The topological polar surface area (TPSA) is 0 Å². The van der Waals surface area contributed by atoms with E-state index in [-0.39, 0.29) is 0 Å².